The summed E-state index contributed by atoms with van der Waals surface area (Å²) >= 11 is 0. The first kappa shape index (κ1) is 20.5. The molecule has 3 rings (SSSR count). The summed E-state index contributed by atoms with van der Waals surface area (Å²) in [4.78, 5) is 14.3. The molecule has 2 unspecified atom stereocenters. The Labute approximate surface area is 164 Å². The minimum atomic E-state index is -4.09. The number of likely N-dealkylation sites (N-methyl/N-ethyl adjacent to an activating group) is 1. The van der Waals surface area contributed by atoms with Crippen LogP contribution in [0.1, 0.15) is 24.6 Å². The average molecular weight is 409 g/mol. The predicted octanol–water partition coefficient (Wildman–Crippen LogP) is 1.99. The third-order valence-corrected chi connectivity index (χ3v) is 6.84. The minimum Gasteiger partial charge on any atom is -0.468 e. The van der Waals surface area contributed by atoms with E-state index in [4.69, 9.17) is 4.42 Å². The Morgan fingerprint density at radius 1 is 1.32 bits per heavy atom. The van der Waals surface area contributed by atoms with Gasteiger partial charge in [-0.15, -0.1) is 0 Å². The van der Waals surface area contributed by atoms with Gasteiger partial charge < -0.3 is 9.73 Å². The first-order chi connectivity index (χ1) is 13.3. The number of halogens is 1. The van der Waals surface area contributed by atoms with E-state index in [1.807, 2.05) is 25.1 Å². The van der Waals surface area contributed by atoms with Crippen molar-refractivity contribution in [3.63, 3.8) is 0 Å². The summed E-state index contributed by atoms with van der Waals surface area (Å²) in [5, 5.41) is 2.82. The van der Waals surface area contributed by atoms with Crippen LogP contribution in [0.4, 0.5) is 4.39 Å². The van der Waals surface area contributed by atoms with Crippen LogP contribution < -0.4 is 5.32 Å². The lowest BCUT2D eigenvalue weighted by Crippen LogP contribution is -2.47. The van der Waals surface area contributed by atoms with Crippen LogP contribution in [0, 0.1) is 5.82 Å². The summed E-state index contributed by atoms with van der Waals surface area (Å²) in [6, 6.07) is 7.76. The Bertz CT molecular complexity index is 915. The number of benzene rings is 1. The van der Waals surface area contributed by atoms with Crippen LogP contribution in [-0.4, -0.2) is 56.8 Å². The average Bonchev–Trinajstić information content (AvgIpc) is 3.34. The number of sulfonamides is 1. The van der Waals surface area contributed by atoms with Gasteiger partial charge in [-0.2, -0.15) is 4.31 Å². The fourth-order valence-corrected chi connectivity index (χ4v) is 5.13. The Morgan fingerprint density at radius 2 is 2.07 bits per heavy atom. The number of nitrogens with one attached hydrogen (secondary N) is 1. The van der Waals surface area contributed by atoms with E-state index >= 15 is 0 Å². The van der Waals surface area contributed by atoms with Crippen LogP contribution in [0.3, 0.4) is 0 Å². The molecule has 7 nitrogen and oxygen atoms in total. The van der Waals surface area contributed by atoms with Crippen LogP contribution in [0.25, 0.3) is 0 Å². The summed E-state index contributed by atoms with van der Waals surface area (Å²) in [7, 11) is -0.363. The number of nitrogens with zero attached hydrogens (tertiary/aromatic N) is 2. The number of hydrogen-bond acceptors (Lipinski definition) is 5. The Morgan fingerprint density at radius 3 is 2.71 bits per heavy atom. The van der Waals surface area contributed by atoms with E-state index in [9.17, 15) is 17.6 Å². The van der Waals surface area contributed by atoms with Gasteiger partial charge >= 0.3 is 0 Å². The van der Waals surface area contributed by atoms with Crippen LogP contribution >= 0.6 is 0 Å². The second-order valence-corrected chi connectivity index (χ2v) is 8.80. The van der Waals surface area contributed by atoms with Gasteiger partial charge in [-0.3, -0.25) is 9.69 Å². The molecule has 1 fully saturated rings. The van der Waals surface area contributed by atoms with Crippen molar-refractivity contribution in [3.8, 4) is 0 Å². The summed E-state index contributed by atoms with van der Waals surface area (Å²) in [6.07, 6.45) is 2.50. The quantitative estimate of drug-likeness (QED) is 0.756. The molecule has 0 aliphatic carbocycles. The molecule has 2 atom stereocenters. The van der Waals surface area contributed by atoms with Crippen molar-refractivity contribution >= 4 is 15.9 Å². The topological polar surface area (TPSA) is 82.9 Å². The van der Waals surface area contributed by atoms with Crippen LogP contribution in [-0.2, 0) is 14.8 Å². The Kier molecular flexibility index (Phi) is 6.17. The van der Waals surface area contributed by atoms with Gasteiger partial charge in [0.05, 0.1) is 12.3 Å². The molecule has 2 aromatic rings. The largest absolute Gasteiger partial charge is 0.468 e. The lowest BCUT2D eigenvalue weighted by Gasteiger charge is -2.26. The zero-order valence-electron chi connectivity index (χ0n) is 15.8. The predicted molar refractivity (Wildman–Crippen MR) is 101 cm³/mol. The molecule has 28 heavy (non-hydrogen) atoms. The molecule has 1 aromatic carbocycles. The number of carbonyl (C=O) groups excluding carboxylic acids is 1. The lowest BCUT2D eigenvalue weighted by molar-refractivity contribution is -0.124. The van der Waals surface area contributed by atoms with Crippen molar-refractivity contribution in [2.45, 2.75) is 29.8 Å². The van der Waals surface area contributed by atoms with E-state index in [1.165, 1.54) is 18.2 Å². The van der Waals surface area contributed by atoms with Crippen LogP contribution in [0.5, 0.6) is 0 Å². The Hall–Kier alpha value is -2.23. The second-order valence-electron chi connectivity index (χ2n) is 6.94. The van der Waals surface area contributed by atoms with Gasteiger partial charge in [0.1, 0.15) is 22.5 Å². The highest BCUT2D eigenvalue weighted by molar-refractivity contribution is 7.89. The summed E-state index contributed by atoms with van der Waals surface area (Å²) in [6.45, 7) is 0.452. The van der Waals surface area contributed by atoms with E-state index in [1.54, 1.807) is 12.3 Å². The molecule has 1 aromatic heterocycles. The van der Waals surface area contributed by atoms with Crippen molar-refractivity contribution in [3.05, 3.63) is 54.2 Å². The second kappa shape index (κ2) is 8.42. The molecule has 1 amide bonds. The maximum Gasteiger partial charge on any atom is 0.246 e. The van der Waals surface area contributed by atoms with E-state index < -0.39 is 32.7 Å². The minimum absolute atomic E-state index is 0.183. The number of hydrogen-bond donors (Lipinski definition) is 1. The first-order valence-electron chi connectivity index (χ1n) is 9.06. The van der Waals surface area contributed by atoms with Gasteiger partial charge in [-0.1, -0.05) is 12.1 Å². The van der Waals surface area contributed by atoms with Gasteiger partial charge in [0.2, 0.25) is 15.9 Å². The molecular formula is C19H24FN3O4S. The fraction of sp³-hybridized carbons (Fsp3) is 0.421. The van der Waals surface area contributed by atoms with Crippen molar-refractivity contribution < 1.29 is 22.0 Å². The van der Waals surface area contributed by atoms with Crippen molar-refractivity contribution in [2.75, 3.05) is 27.2 Å². The van der Waals surface area contributed by atoms with Gasteiger partial charge in [0, 0.05) is 13.1 Å². The molecule has 2 heterocycles. The molecule has 9 heteroatoms. The zero-order valence-corrected chi connectivity index (χ0v) is 16.7. The summed E-state index contributed by atoms with van der Waals surface area (Å²) < 4.78 is 46.3. The highest BCUT2D eigenvalue weighted by Crippen LogP contribution is 2.28. The van der Waals surface area contributed by atoms with Gasteiger partial charge in [-0.25, -0.2) is 12.8 Å². The number of amides is 1. The van der Waals surface area contributed by atoms with Gasteiger partial charge in [0.25, 0.3) is 0 Å². The molecule has 0 radical (unpaired) electrons. The van der Waals surface area contributed by atoms with E-state index in [0.29, 0.717) is 18.6 Å². The normalized spacial score (nSPS) is 19.1. The van der Waals surface area contributed by atoms with E-state index in [-0.39, 0.29) is 19.1 Å². The van der Waals surface area contributed by atoms with Crippen LogP contribution in [0.15, 0.2) is 52.0 Å². The standard InChI is InChI=1S/C19H24FN3O4S/c1-22(2)16(17-9-6-12-27-17)13-21-19(24)15-8-5-11-23(15)28(25,26)18-10-4-3-7-14(18)20/h3-4,6-7,9-10,12,15-16H,5,8,11,13H2,1-2H3,(H,21,24). The van der Waals surface area contributed by atoms with Crippen molar-refractivity contribution in [2.24, 2.45) is 0 Å². The van der Waals surface area contributed by atoms with Crippen molar-refractivity contribution in [1.29, 1.82) is 0 Å². The Balaban J connectivity index is 1.74. The first-order valence-corrected chi connectivity index (χ1v) is 10.5. The SMILES string of the molecule is CN(C)C(CNC(=O)C1CCCN1S(=O)(=O)c1ccccc1F)c1ccco1. The molecule has 1 saturated heterocycles. The molecule has 152 valence electrons. The molecule has 1 aliphatic heterocycles. The van der Waals surface area contributed by atoms with E-state index in [2.05, 4.69) is 5.32 Å². The summed E-state index contributed by atoms with van der Waals surface area (Å²) in [5.74, 6) is -0.512. The zero-order chi connectivity index (χ0) is 20.3. The maximum atomic E-state index is 14.0. The van der Waals surface area contributed by atoms with Crippen LogP contribution in [0.2, 0.25) is 0 Å². The molecule has 1 N–H and O–H groups in total. The van der Waals surface area contributed by atoms with Gasteiger partial charge in [-0.05, 0) is 51.2 Å². The van der Waals surface area contributed by atoms with Gasteiger partial charge in [0.15, 0.2) is 0 Å². The molecule has 0 saturated carbocycles. The highest BCUT2D eigenvalue weighted by atomic mass is 32.2. The molecular weight excluding hydrogens is 385 g/mol. The fourth-order valence-electron chi connectivity index (χ4n) is 3.40. The van der Waals surface area contributed by atoms with Crippen molar-refractivity contribution in [1.82, 2.24) is 14.5 Å². The number of furan rings is 1. The molecule has 0 spiro atoms. The maximum absolute atomic E-state index is 14.0. The third-order valence-electron chi connectivity index (χ3n) is 4.89. The molecule has 1 aliphatic rings. The van der Waals surface area contributed by atoms with E-state index in [0.717, 1.165) is 10.4 Å². The smallest absolute Gasteiger partial charge is 0.246 e. The number of rotatable bonds is 7. The monoisotopic (exact) mass is 409 g/mol. The lowest BCUT2D eigenvalue weighted by atomic mass is 10.2. The number of carbonyl (C=O) groups is 1. The summed E-state index contributed by atoms with van der Waals surface area (Å²) in [5.41, 5.74) is 0. The highest BCUT2D eigenvalue weighted by Gasteiger charge is 2.40. The molecule has 0 bridgehead atoms. The third kappa shape index (κ3) is 4.11.